The second kappa shape index (κ2) is 13.5. The highest BCUT2D eigenvalue weighted by Crippen LogP contribution is 2.33. The first kappa shape index (κ1) is 28.4. The number of para-hydroxylation sites is 1. The zero-order chi connectivity index (χ0) is 27.0. The lowest BCUT2D eigenvalue weighted by Gasteiger charge is -2.34. The maximum absolute atomic E-state index is 12.6. The van der Waals surface area contributed by atoms with Crippen molar-refractivity contribution >= 4 is 17.0 Å². The summed E-state index contributed by atoms with van der Waals surface area (Å²) in [6.07, 6.45) is 8.08. The van der Waals surface area contributed by atoms with Gasteiger partial charge in [0.05, 0.1) is 18.9 Å². The van der Waals surface area contributed by atoms with Gasteiger partial charge < -0.3 is 29.2 Å². The Kier molecular flexibility index (Phi) is 10.1. The molecule has 1 aromatic carbocycles. The highest BCUT2D eigenvalue weighted by Gasteiger charge is 2.27. The summed E-state index contributed by atoms with van der Waals surface area (Å²) in [7, 11) is 1.67. The van der Waals surface area contributed by atoms with Crippen LogP contribution < -0.4 is 14.8 Å². The van der Waals surface area contributed by atoms with E-state index in [1.54, 1.807) is 12.0 Å². The number of hydrogen-bond acceptors (Lipinski definition) is 7. The molecule has 2 aromatic rings. The fourth-order valence-corrected chi connectivity index (χ4v) is 5.25. The monoisotopic (exact) mass is 527 g/mol. The molecule has 1 saturated carbocycles. The van der Waals surface area contributed by atoms with Crippen molar-refractivity contribution in [2.45, 2.75) is 83.9 Å². The number of rotatable bonds is 10. The number of ether oxygens (including phenoxy) is 4. The average molecular weight is 528 g/mol. The number of piperidine rings is 1. The van der Waals surface area contributed by atoms with Gasteiger partial charge in [-0.1, -0.05) is 25.3 Å². The summed E-state index contributed by atoms with van der Waals surface area (Å²) in [5.41, 5.74) is 1.21. The van der Waals surface area contributed by atoms with Gasteiger partial charge in [0.15, 0.2) is 0 Å². The molecule has 0 radical (unpaired) electrons. The first-order valence-corrected chi connectivity index (χ1v) is 14.2. The van der Waals surface area contributed by atoms with E-state index >= 15 is 0 Å². The molecular weight excluding hydrogens is 482 g/mol. The van der Waals surface area contributed by atoms with E-state index in [1.165, 1.54) is 32.1 Å². The summed E-state index contributed by atoms with van der Waals surface area (Å²) in [6, 6.07) is 8.23. The number of nitrogens with one attached hydrogen (secondary N) is 1. The van der Waals surface area contributed by atoms with Crippen LogP contribution in [0.2, 0.25) is 0 Å². The van der Waals surface area contributed by atoms with Crippen molar-refractivity contribution in [2.75, 3.05) is 40.0 Å². The molecule has 4 rings (SSSR count). The Balaban J connectivity index is 1.47. The predicted octanol–water partition coefficient (Wildman–Crippen LogP) is 5.71. The van der Waals surface area contributed by atoms with Crippen LogP contribution in [0.25, 0.3) is 10.9 Å². The molecule has 2 fully saturated rings. The molecule has 1 aromatic heterocycles. The highest BCUT2D eigenvalue weighted by atomic mass is 16.6. The summed E-state index contributed by atoms with van der Waals surface area (Å²) >= 11 is 0. The van der Waals surface area contributed by atoms with Crippen molar-refractivity contribution in [1.29, 1.82) is 0 Å². The minimum atomic E-state index is -0.498. The van der Waals surface area contributed by atoms with Crippen molar-refractivity contribution in [2.24, 2.45) is 5.92 Å². The van der Waals surface area contributed by atoms with Crippen LogP contribution >= 0.6 is 0 Å². The van der Waals surface area contributed by atoms with Crippen LogP contribution in [-0.4, -0.2) is 67.6 Å². The summed E-state index contributed by atoms with van der Waals surface area (Å²) in [5.74, 6) is 2.20. The largest absolute Gasteiger partial charge is 0.491 e. The molecule has 1 unspecified atom stereocenters. The molecule has 8 heteroatoms. The van der Waals surface area contributed by atoms with Crippen LogP contribution in [0.5, 0.6) is 11.5 Å². The Bertz CT molecular complexity index is 1050. The van der Waals surface area contributed by atoms with Crippen molar-refractivity contribution in [3.05, 3.63) is 30.0 Å². The number of fused-ring (bicyclic) bond motifs is 1. The first-order valence-electron chi connectivity index (χ1n) is 14.2. The zero-order valence-electron chi connectivity index (χ0n) is 23.6. The average Bonchev–Trinajstić information content (AvgIpc) is 2.90. The maximum Gasteiger partial charge on any atom is 0.410 e. The van der Waals surface area contributed by atoms with E-state index in [1.807, 2.05) is 45.0 Å². The first-order chi connectivity index (χ1) is 18.3. The van der Waals surface area contributed by atoms with E-state index < -0.39 is 5.60 Å². The van der Waals surface area contributed by atoms with E-state index in [0.717, 1.165) is 54.1 Å². The third kappa shape index (κ3) is 8.21. The third-order valence-corrected chi connectivity index (χ3v) is 7.21. The molecule has 210 valence electrons. The molecule has 1 atom stereocenters. The van der Waals surface area contributed by atoms with Crippen LogP contribution in [0.3, 0.4) is 0 Å². The smallest absolute Gasteiger partial charge is 0.410 e. The number of aromatic nitrogens is 1. The molecule has 1 saturated heterocycles. The van der Waals surface area contributed by atoms with Crippen molar-refractivity contribution in [3.8, 4) is 11.5 Å². The number of likely N-dealkylation sites (tertiary alicyclic amines) is 1. The van der Waals surface area contributed by atoms with Gasteiger partial charge in [0.1, 0.15) is 29.2 Å². The lowest BCUT2D eigenvalue weighted by molar-refractivity contribution is 0.0187. The third-order valence-electron chi connectivity index (χ3n) is 7.21. The van der Waals surface area contributed by atoms with Crippen molar-refractivity contribution in [3.63, 3.8) is 0 Å². The lowest BCUT2D eigenvalue weighted by atomic mass is 9.90. The summed E-state index contributed by atoms with van der Waals surface area (Å²) in [5, 5.41) is 4.56. The lowest BCUT2D eigenvalue weighted by Crippen LogP contribution is -2.49. The van der Waals surface area contributed by atoms with Gasteiger partial charge >= 0.3 is 6.09 Å². The van der Waals surface area contributed by atoms with Gasteiger partial charge in [-0.15, -0.1) is 0 Å². The molecule has 2 heterocycles. The number of pyridine rings is 1. The maximum atomic E-state index is 12.6. The van der Waals surface area contributed by atoms with E-state index in [-0.39, 0.29) is 12.1 Å². The number of hydrogen-bond donors (Lipinski definition) is 1. The molecule has 1 N–H and O–H groups in total. The molecule has 1 aliphatic carbocycles. The Morgan fingerprint density at radius 3 is 2.63 bits per heavy atom. The zero-order valence-corrected chi connectivity index (χ0v) is 23.6. The van der Waals surface area contributed by atoms with Crippen molar-refractivity contribution in [1.82, 2.24) is 15.2 Å². The van der Waals surface area contributed by atoms with E-state index in [9.17, 15) is 4.79 Å². The van der Waals surface area contributed by atoms with Gasteiger partial charge in [-0.05, 0) is 64.5 Å². The van der Waals surface area contributed by atoms with Crippen LogP contribution in [-0.2, 0) is 16.0 Å². The SMILES string of the molecule is COCCOc1cc(CNC2CCCN(C(=O)OC(C)(C)C)C2)nc2c(OCC3CCCCC3)cccc12. The Morgan fingerprint density at radius 2 is 1.87 bits per heavy atom. The normalized spacial score (nSPS) is 18.9. The van der Waals surface area contributed by atoms with Gasteiger partial charge in [0, 0.05) is 44.2 Å². The van der Waals surface area contributed by atoms with Gasteiger partial charge in [-0.3, -0.25) is 0 Å². The Hall–Kier alpha value is -2.58. The second-order valence-corrected chi connectivity index (χ2v) is 11.6. The number of nitrogens with zero attached hydrogens (tertiary/aromatic N) is 2. The molecular formula is C30H45N3O5. The van der Waals surface area contributed by atoms with Crippen LogP contribution in [0.1, 0.15) is 71.4 Å². The van der Waals surface area contributed by atoms with Gasteiger partial charge in [0.2, 0.25) is 0 Å². The standard InChI is InChI=1S/C30H45N3O5/c1-30(2,3)38-29(34)33-15-9-12-23(20-33)31-19-24-18-27(36-17-16-35-4)25-13-8-14-26(28(25)32-24)37-21-22-10-6-5-7-11-22/h8,13-14,18,22-23,31H,5-7,9-12,15-17,19-21H2,1-4H3. The quantitative estimate of drug-likeness (QED) is 0.397. The van der Waals surface area contributed by atoms with E-state index in [4.69, 9.17) is 23.9 Å². The van der Waals surface area contributed by atoms with Crippen molar-refractivity contribution < 1.29 is 23.7 Å². The molecule has 1 amide bonds. The summed E-state index contributed by atoms with van der Waals surface area (Å²) < 4.78 is 23.3. The fourth-order valence-electron chi connectivity index (χ4n) is 5.25. The van der Waals surface area contributed by atoms with Crippen LogP contribution in [0, 0.1) is 5.92 Å². The Morgan fingerprint density at radius 1 is 1.05 bits per heavy atom. The number of methoxy groups -OCH3 is 1. The minimum Gasteiger partial charge on any atom is -0.491 e. The molecule has 38 heavy (non-hydrogen) atoms. The summed E-state index contributed by atoms with van der Waals surface area (Å²) in [6.45, 7) is 9.31. The van der Waals surface area contributed by atoms with Crippen LogP contribution in [0.4, 0.5) is 4.79 Å². The number of carbonyl (C=O) groups is 1. The topological polar surface area (TPSA) is 82.2 Å². The van der Waals surface area contributed by atoms with Gasteiger partial charge in [0.25, 0.3) is 0 Å². The highest BCUT2D eigenvalue weighted by molar-refractivity contribution is 5.90. The number of amides is 1. The summed E-state index contributed by atoms with van der Waals surface area (Å²) in [4.78, 5) is 19.4. The fraction of sp³-hybridized carbons (Fsp3) is 0.667. The molecule has 2 aliphatic rings. The van der Waals surface area contributed by atoms with Crippen LogP contribution in [0.15, 0.2) is 24.3 Å². The molecule has 8 nitrogen and oxygen atoms in total. The van der Waals surface area contributed by atoms with Gasteiger partial charge in [-0.2, -0.15) is 0 Å². The minimum absolute atomic E-state index is 0.171. The van der Waals surface area contributed by atoms with Gasteiger partial charge in [-0.25, -0.2) is 9.78 Å². The Labute approximate surface area is 227 Å². The predicted molar refractivity (Wildman–Crippen MR) is 149 cm³/mol. The van der Waals surface area contributed by atoms with E-state index in [2.05, 4.69) is 5.32 Å². The molecule has 0 spiro atoms. The number of carbonyl (C=O) groups excluding carboxylic acids is 1. The molecule has 0 bridgehead atoms. The number of benzene rings is 1. The second-order valence-electron chi connectivity index (χ2n) is 11.6. The molecule has 1 aliphatic heterocycles. The van der Waals surface area contributed by atoms with E-state index in [0.29, 0.717) is 32.2 Å².